The van der Waals surface area contributed by atoms with Gasteiger partial charge in [0.15, 0.2) is 0 Å². The zero-order valence-corrected chi connectivity index (χ0v) is 8.73. The summed E-state index contributed by atoms with van der Waals surface area (Å²) in [6.07, 6.45) is 5.11. The van der Waals surface area contributed by atoms with E-state index in [-0.39, 0.29) is 0 Å². The van der Waals surface area contributed by atoms with Gasteiger partial charge in [-0.15, -0.1) is 0 Å². The Morgan fingerprint density at radius 1 is 1.50 bits per heavy atom. The van der Waals surface area contributed by atoms with Crippen molar-refractivity contribution in [2.45, 2.75) is 26.3 Å². The molecule has 1 aliphatic heterocycles. The minimum Gasteiger partial charge on any atom is -0.376 e. The Hall–Kier alpha value is -1.09. The maximum atomic E-state index is 5.43. The zero-order valence-electron chi connectivity index (χ0n) is 8.73. The molecule has 2 rings (SSSR count). The highest BCUT2D eigenvalue weighted by Crippen LogP contribution is 2.20. The highest BCUT2D eigenvalue weighted by atomic mass is 16.5. The summed E-state index contributed by atoms with van der Waals surface area (Å²) in [4.78, 5) is 0. The van der Waals surface area contributed by atoms with Crippen molar-refractivity contribution in [1.29, 1.82) is 0 Å². The smallest absolute Gasteiger partial charge is 0.0734 e. The quantitative estimate of drug-likeness (QED) is 0.718. The third kappa shape index (κ3) is 1.73. The molecule has 0 unspecified atom stereocenters. The lowest BCUT2D eigenvalue weighted by Crippen LogP contribution is -2.12. The Morgan fingerprint density at radius 3 is 3.00 bits per heavy atom. The number of nitrogens with zero attached hydrogens (tertiary/aromatic N) is 2. The summed E-state index contributed by atoms with van der Waals surface area (Å²) in [6.45, 7) is 5.85. The predicted molar refractivity (Wildman–Crippen MR) is 56.0 cm³/mol. The first-order valence-electron chi connectivity index (χ1n) is 5.09. The molecule has 1 aromatic rings. The molecule has 1 aromatic heterocycles. The fourth-order valence-electron chi connectivity index (χ4n) is 1.72. The van der Waals surface area contributed by atoms with Gasteiger partial charge in [-0.05, 0) is 31.9 Å². The van der Waals surface area contributed by atoms with Gasteiger partial charge in [0.1, 0.15) is 0 Å². The molecule has 0 N–H and O–H groups in total. The molecule has 0 atom stereocenters. The van der Waals surface area contributed by atoms with Crippen LogP contribution in [0.15, 0.2) is 18.3 Å². The predicted octanol–water partition coefficient (Wildman–Crippen LogP) is 2.27. The molecular weight excluding hydrogens is 176 g/mol. The Kier molecular flexibility index (Phi) is 2.68. The van der Waals surface area contributed by atoms with Gasteiger partial charge in [-0.25, -0.2) is 0 Å². The molecule has 3 nitrogen and oxygen atoms in total. The molecule has 0 amide bonds. The van der Waals surface area contributed by atoms with Gasteiger partial charge in [0, 0.05) is 12.2 Å². The summed E-state index contributed by atoms with van der Waals surface area (Å²) in [5.41, 5.74) is 2.46. The highest BCUT2D eigenvalue weighted by molar-refractivity contribution is 5.64. The van der Waals surface area contributed by atoms with Crippen LogP contribution in [0.1, 0.15) is 32.0 Å². The van der Waals surface area contributed by atoms with Crippen LogP contribution in [0, 0.1) is 0 Å². The summed E-state index contributed by atoms with van der Waals surface area (Å²) in [6, 6.07) is 2.46. The van der Waals surface area contributed by atoms with E-state index in [9.17, 15) is 0 Å². The Balaban J connectivity index is 2.30. The van der Waals surface area contributed by atoms with Gasteiger partial charge < -0.3 is 4.74 Å². The number of aromatic nitrogens is 2. The third-order valence-corrected chi connectivity index (χ3v) is 2.40. The Bertz CT molecular complexity index is 339. The van der Waals surface area contributed by atoms with E-state index in [1.807, 2.05) is 10.9 Å². The van der Waals surface area contributed by atoms with Crippen LogP contribution in [-0.2, 0) is 4.74 Å². The molecule has 0 fully saturated rings. The van der Waals surface area contributed by atoms with Crippen molar-refractivity contribution in [3.05, 3.63) is 24.0 Å². The average molecular weight is 192 g/mol. The van der Waals surface area contributed by atoms with E-state index in [0.717, 1.165) is 19.6 Å². The van der Waals surface area contributed by atoms with Crippen LogP contribution in [0.2, 0.25) is 0 Å². The summed E-state index contributed by atoms with van der Waals surface area (Å²) < 4.78 is 7.47. The number of rotatable bonds is 2. The summed E-state index contributed by atoms with van der Waals surface area (Å²) in [5, 5.41) is 4.31. The van der Waals surface area contributed by atoms with Crippen LogP contribution >= 0.6 is 0 Å². The van der Waals surface area contributed by atoms with Crippen LogP contribution in [0.4, 0.5) is 0 Å². The maximum absolute atomic E-state index is 5.43. The number of hydrogen-bond acceptors (Lipinski definition) is 2. The van der Waals surface area contributed by atoms with Crippen molar-refractivity contribution in [2.75, 3.05) is 13.2 Å². The van der Waals surface area contributed by atoms with Crippen molar-refractivity contribution in [2.24, 2.45) is 0 Å². The molecule has 0 aliphatic carbocycles. The van der Waals surface area contributed by atoms with Gasteiger partial charge in [-0.3, -0.25) is 4.68 Å². The van der Waals surface area contributed by atoms with Crippen LogP contribution in [0.5, 0.6) is 0 Å². The first kappa shape index (κ1) is 9.46. The van der Waals surface area contributed by atoms with Gasteiger partial charge in [0.25, 0.3) is 0 Å². The molecule has 3 heteroatoms. The van der Waals surface area contributed by atoms with Gasteiger partial charge in [-0.1, -0.05) is 6.08 Å². The normalized spacial score (nSPS) is 17.2. The molecule has 0 bridgehead atoms. The van der Waals surface area contributed by atoms with Gasteiger partial charge >= 0.3 is 0 Å². The molecule has 1 aliphatic rings. The van der Waals surface area contributed by atoms with Crippen molar-refractivity contribution in [3.8, 4) is 0 Å². The largest absolute Gasteiger partial charge is 0.376 e. The fourth-order valence-corrected chi connectivity index (χ4v) is 1.72. The summed E-state index contributed by atoms with van der Waals surface area (Å²) in [5.74, 6) is 0. The van der Waals surface area contributed by atoms with Gasteiger partial charge in [-0.2, -0.15) is 5.10 Å². The second-order valence-corrected chi connectivity index (χ2v) is 3.83. The van der Waals surface area contributed by atoms with Crippen LogP contribution in [0.25, 0.3) is 5.57 Å². The topological polar surface area (TPSA) is 27.1 Å². The minimum absolute atomic E-state index is 0.405. The minimum atomic E-state index is 0.405. The van der Waals surface area contributed by atoms with E-state index in [1.54, 1.807) is 0 Å². The highest BCUT2D eigenvalue weighted by Gasteiger charge is 2.12. The van der Waals surface area contributed by atoms with Crippen molar-refractivity contribution in [1.82, 2.24) is 9.78 Å². The molecule has 14 heavy (non-hydrogen) atoms. The number of hydrogen-bond donors (Lipinski definition) is 0. The SMILES string of the molecule is CC(C)n1nccc1C1=CCCOC1. The molecule has 0 saturated carbocycles. The van der Waals surface area contributed by atoms with E-state index >= 15 is 0 Å². The summed E-state index contributed by atoms with van der Waals surface area (Å²) in [7, 11) is 0. The van der Waals surface area contributed by atoms with Crippen molar-refractivity contribution >= 4 is 5.57 Å². The molecule has 0 radical (unpaired) electrons. The van der Waals surface area contributed by atoms with Gasteiger partial charge in [0.2, 0.25) is 0 Å². The second-order valence-electron chi connectivity index (χ2n) is 3.83. The van der Waals surface area contributed by atoms with E-state index in [0.29, 0.717) is 6.04 Å². The molecule has 0 saturated heterocycles. The second kappa shape index (κ2) is 3.96. The van der Waals surface area contributed by atoms with E-state index < -0.39 is 0 Å². The van der Waals surface area contributed by atoms with Crippen LogP contribution < -0.4 is 0 Å². The molecule has 0 spiro atoms. The molecule has 76 valence electrons. The first-order valence-corrected chi connectivity index (χ1v) is 5.09. The average Bonchev–Trinajstić information content (AvgIpc) is 2.67. The lowest BCUT2D eigenvalue weighted by atomic mass is 10.1. The van der Waals surface area contributed by atoms with Crippen LogP contribution in [0.3, 0.4) is 0 Å². The van der Waals surface area contributed by atoms with Crippen LogP contribution in [-0.4, -0.2) is 23.0 Å². The van der Waals surface area contributed by atoms with E-state index in [1.165, 1.54) is 11.3 Å². The van der Waals surface area contributed by atoms with Crippen molar-refractivity contribution in [3.63, 3.8) is 0 Å². The van der Waals surface area contributed by atoms with Crippen molar-refractivity contribution < 1.29 is 4.74 Å². The molecular formula is C11H16N2O. The number of ether oxygens (including phenoxy) is 1. The van der Waals surface area contributed by atoms with E-state index in [2.05, 4.69) is 31.1 Å². The van der Waals surface area contributed by atoms with Gasteiger partial charge in [0.05, 0.1) is 18.9 Å². The third-order valence-electron chi connectivity index (χ3n) is 2.40. The fraction of sp³-hybridized carbons (Fsp3) is 0.545. The van der Waals surface area contributed by atoms with E-state index in [4.69, 9.17) is 4.74 Å². The monoisotopic (exact) mass is 192 g/mol. The lowest BCUT2D eigenvalue weighted by molar-refractivity contribution is 0.164. The standard InChI is InChI=1S/C11H16N2O/c1-9(2)13-11(5-6-12-13)10-4-3-7-14-8-10/h4-6,9H,3,7-8H2,1-2H3. The molecule has 0 aromatic carbocycles. The lowest BCUT2D eigenvalue weighted by Gasteiger charge is -2.16. The molecule has 2 heterocycles. The maximum Gasteiger partial charge on any atom is 0.0734 e. The zero-order chi connectivity index (χ0) is 9.97. The Labute approximate surface area is 84.4 Å². The Morgan fingerprint density at radius 2 is 2.36 bits per heavy atom. The first-order chi connectivity index (χ1) is 6.79. The summed E-state index contributed by atoms with van der Waals surface area (Å²) >= 11 is 0.